The number of nitrogen functional groups attached to an aromatic ring is 1. The first kappa shape index (κ1) is 23.2. The number of nitrogens with two attached hydrogens (primary N) is 1. The van der Waals surface area contributed by atoms with Gasteiger partial charge in [0.2, 0.25) is 15.9 Å². The Kier molecular flexibility index (Phi) is 8.04. The third-order valence-corrected chi connectivity index (χ3v) is 6.08. The van der Waals surface area contributed by atoms with Crippen molar-refractivity contribution in [1.82, 2.24) is 9.29 Å². The summed E-state index contributed by atoms with van der Waals surface area (Å²) >= 11 is 0. The number of nitrogens with zero attached hydrogens (tertiary/aromatic N) is 3. The zero-order valence-corrected chi connectivity index (χ0v) is 17.2. The average molecular weight is 433 g/mol. The molecule has 10 heteroatoms. The van der Waals surface area contributed by atoms with Gasteiger partial charge >= 0.3 is 0 Å². The molecule has 148 valence electrons. The van der Waals surface area contributed by atoms with Gasteiger partial charge < -0.3 is 10.6 Å². The minimum Gasteiger partial charge on any atom is -0.398 e. The fourth-order valence-electron chi connectivity index (χ4n) is 2.95. The molecule has 0 fully saturated rings. The van der Waals surface area contributed by atoms with Crippen molar-refractivity contribution in [2.45, 2.75) is 17.7 Å². The van der Waals surface area contributed by atoms with E-state index in [4.69, 9.17) is 5.73 Å². The number of aromatic nitrogens is 1. The van der Waals surface area contributed by atoms with Gasteiger partial charge in [0, 0.05) is 37.4 Å². The number of hydrogen-bond acceptors (Lipinski definition) is 5. The molecule has 2 N–H and O–H groups in total. The van der Waals surface area contributed by atoms with E-state index in [-0.39, 0.29) is 42.2 Å². The first-order valence-electron chi connectivity index (χ1n) is 7.95. The van der Waals surface area contributed by atoms with E-state index in [1.807, 2.05) is 12.1 Å². The fraction of sp³-hybridized carbons (Fsp3) is 0.294. The van der Waals surface area contributed by atoms with Gasteiger partial charge in [-0.3, -0.25) is 9.78 Å². The van der Waals surface area contributed by atoms with Crippen LogP contribution in [-0.2, 0) is 21.2 Å². The van der Waals surface area contributed by atoms with Crippen LogP contribution in [0.1, 0.15) is 12.0 Å². The van der Waals surface area contributed by atoms with Crippen molar-refractivity contribution in [2.75, 3.05) is 30.8 Å². The quantitative estimate of drug-likeness (QED) is 0.745. The number of benzene rings is 1. The summed E-state index contributed by atoms with van der Waals surface area (Å²) in [7, 11) is -2.37. The molecule has 0 atom stereocenters. The molecule has 3 rings (SSSR count). The normalized spacial score (nSPS) is 13.3. The molecule has 0 aliphatic carbocycles. The number of carbonyl (C=O) groups is 1. The Bertz CT molecular complexity index is 894. The largest absolute Gasteiger partial charge is 0.398 e. The number of carbonyl (C=O) groups excluding carboxylic acids is 1. The van der Waals surface area contributed by atoms with Crippen LogP contribution in [0.2, 0.25) is 0 Å². The first-order chi connectivity index (χ1) is 11.9. The summed E-state index contributed by atoms with van der Waals surface area (Å²) < 4.78 is 26.1. The molecule has 0 unspecified atom stereocenters. The molecule has 2 aromatic rings. The van der Waals surface area contributed by atoms with Gasteiger partial charge in [0.1, 0.15) is 4.90 Å². The monoisotopic (exact) mass is 432 g/mol. The third kappa shape index (κ3) is 4.70. The standard InChI is InChI=1S/C17H20N4O3S.2ClH/c1-20(25(23,24)13-5-3-9-19-11-13)12-17(22)21-10-4-6-14-15(18)7-2-8-16(14)21;;/h2-3,5,7-9,11H,4,6,10,12,18H2,1H3;2*1H. The molecule has 1 aliphatic heterocycles. The molecule has 7 nitrogen and oxygen atoms in total. The number of fused-ring (bicyclic) bond motifs is 1. The fourth-order valence-corrected chi connectivity index (χ4v) is 4.04. The van der Waals surface area contributed by atoms with Gasteiger partial charge in [0.15, 0.2) is 0 Å². The van der Waals surface area contributed by atoms with Crippen LogP contribution in [0.5, 0.6) is 0 Å². The highest BCUT2D eigenvalue weighted by Gasteiger charge is 2.28. The van der Waals surface area contributed by atoms with Gasteiger partial charge in [-0.25, -0.2) is 8.42 Å². The van der Waals surface area contributed by atoms with E-state index in [1.165, 1.54) is 25.5 Å². The van der Waals surface area contributed by atoms with Crippen molar-refractivity contribution < 1.29 is 13.2 Å². The van der Waals surface area contributed by atoms with Crippen molar-refractivity contribution >= 4 is 52.1 Å². The number of pyridine rings is 1. The topological polar surface area (TPSA) is 96.6 Å². The number of sulfonamides is 1. The molecule has 0 saturated heterocycles. The van der Waals surface area contributed by atoms with Crippen LogP contribution >= 0.6 is 24.8 Å². The molecule has 1 aromatic carbocycles. The van der Waals surface area contributed by atoms with E-state index in [1.54, 1.807) is 17.0 Å². The summed E-state index contributed by atoms with van der Waals surface area (Å²) in [6, 6.07) is 8.46. The smallest absolute Gasteiger partial charge is 0.244 e. The van der Waals surface area contributed by atoms with Crippen molar-refractivity contribution in [2.24, 2.45) is 0 Å². The molecule has 0 spiro atoms. The van der Waals surface area contributed by atoms with Crippen molar-refractivity contribution in [3.63, 3.8) is 0 Å². The zero-order chi connectivity index (χ0) is 18.0. The Hall–Kier alpha value is -1.87. The van der Waals surface area contributed by atoms with Crippen LogP contribution < -0.4 is 10.6 Å². The lowest BCUT2D eigenvalue weighted by molar-refractivity contribution is -0.118. The predicted octanol–water partition coefficient (Wildman–Crippen LogP) is 2.11. The molecule has 0 saturated carbocycles. The van der Waals surface area contributed by atoms with Crippen LogP contribution in [0.25, 0.3) is 0 Å². The van der Waals surface area contributed by atoms with Crippen molar-refractivity contribution in [3.05, 3.63) is 48.3 Å². The van der Waals surface area contributed by atoms with E-state index in [9.17, 15) is 13.2 Å². The van der Waals surface area contributed by atoms with Crippen LogP contribution in [0.15, 0.2) is 47.6 Å². The van der Waals surface area contributed by atoms with Crippen LogP contribution in [-0.4, -0.2) is 43.8 Å². The number of likely N-dealkylation sites (N-methyl/N-ethyl adjacent to an activating group) is 1. The lowest BCUT2D eigenvalue weighted by Gasteiger charge is -2.31. The molecule has 0 radical (unpaired) electrons. The lowest BCUT2D eigenvalue weighted by Crippen LogP contribution is -2.43. The van der Waals surface area contributed by atoms with Gasteiger partial charge in [-0.2, -0.15) is 4.31 Å². The zero-order valence-electron chi connectivity index (χ0n) is 14.7. The molecular formula is C17H22Cl2N4O3S. The number of hydrogen-bond donors (Lipinski definition) is 1. The SMILES string of the molecule is CN(CC(=O)N1CCCc2c(N)cccc21)S(=O)(=O)c1cccnc1.Cl.Cl. The van der Waals surface area contributed by atoms with Gasteiger partial charge in [-0.1, -0.05) is 6.07 Å². The average Bonchev–Trinajstić information content (AvgIpc) is 2.62. The molecule has 1 aliphatic rings. The molecule has 1 aromatic heterocycles. The second-order valence-corrected chi connectivity index (χ2v) is 7.99. The number of rotatable bonds is 4. The Morgan fingerprint density at radius 3 is 2.67 bits per heavy atom. The summed E-state index contributed by atoms with van der Waals surface area (Å²) in [5.41, 5.74) is 8.37. The van der Waals surface area contributed by atoms with Crippen molar-refractivity contribution in [3.8, 4) is 0 Å². The van der Waals surface area contributed by atoms with Gasteiger partial charge in [-0.15, -0.1) is 24.8 Å². The van der Waals surface area contributed by atoms with E-state index >= 15 is 0 Å². The number of halogens is 2. The van der Waals surface area contributed by atoms with Crippen LogP contribution in [0, 0.1) is 0 Å². The minimum atomic E-state index is -3.76. The summed E-state index contributed by atoms with van der Waals surface area (Å²) in [6.45, 7) is 0.307. The summed E-state index contributed by atoms with van der Waals surface area (Å²) in [5, 5.41) is 0. The highest BCUT2D eigenvalue weighted by molar-refractivity contribution is 7.89. The predicted molar refractivity (Wildman–Crippen MR) is 110 cm³/mol. The molecule has 27 heavy (non-hydrogen) atoms. The Balaban J connectivity index is 0.00000182. The third-order valence-electron chi connectivity index (χ3n) is 4.29. The minimum absolute atomic E-state index is 0. The lowest BCUT2D eigenvalue weighted by atomic mass is 10.00. The molecule has 0 bridgehead atoms. The maximum atomic E-state index is 12.7. The van der Waals surface area contributed by atoms with E-state index in [2.05, 4.69) is 4.98 Å². The molecule has 2 heterocycles. The highest BCUT2D eigenvalue weighted by Crippen LogP contribution is 2.31. The van der Waals surface area contributed by atoms with Crippen molar-refractivity contribution in [1.29, 1.82) is 0 Å². The van der Waals surface area contributed by atoms with E-state index in [0.29, 0.717) is 12.2 Å². The number of anilines is 2. The van der Waals surface area contributed by atoms with Crippen LogP contribution in [0.3, 0.4) is 0 Å². The van der Waals surface area contributed by atoms with E-state index in [0.717, 1.165) is 28.4 Å². The maximum Gasteiger partial charge on any atom is 0.244 e. The Labute approximate surface area is 171 Å². The summed E-state index contributed by atoms with van der Waals surface area (Å²) in [4.78, 5) is 18.2. The van der Waals surface area contributed by atoms with Gasteiger partial charge in [0.05, 0.1) is 6.54 Å². The Morgan fingerprint density at radius 1 is 1.26 bits per heavy atom. The molecule has 1 amide bonds. The summed E-state index contributed by atoms with van der Waals surface area (Å²) in [5.74, 6) is -0.276. The van der Waals surface area contributed by atoms with E-state index < -0.39 is 10.0 Å². The first-order valence-corrected chi connectivity index (χ1v) is 9.39. The number of amides is 1. The van der Waals surface area contributed by atoms with Crippen LogP contribution in [0.4, 0.5) is 11.4 Å². The Morgan fingerprint density at radius 2 is 2.00 bits per heavy atom. The molecular weight excluding hydrogens is 411 g/mol. The second-order valence-electron chi connectivity index (χ2n) is 5.94. The summed E-state index contributed by atoms with van der Waals surface area (Å²) in [6.07, 6.45) is 4.38. The van der Waals surface area contributed by atoms with Gasteiger partial charge in [-0.05, 0) is 42.7 Å². The highest BCUT2D eigenvalue weighted by atomic mass is 35.5. The maximum absolute atomic E-state index is 12.7. The van der Waals surface area contributed by atoms with Gasteiger partial charge in [0.25, 0.3) is 0 Å². The second kappa shape index (κ2) is 9.36.